The van der Waals surface area contributed by atoms with Gasteiger partial charge in [-0.25, -0.2) is 4.79 Å². The number of rotatable bonds is 6. The molecule has 1 aromatic carbocycles. The maximum Gasteiger partial charge on any atom is 0.416 e. The standard InChI is InChI=1S/C27H33F9N4O5/c1-24(2,3)45-20(41)15-37-6-8-38(9-7-37)22(42)18-12-17(25(28,29)30)5-4-16(18)13-39-10-11-40(23(43)44)14-19(39)21(26(31,32)33)27(34,35)36/h4-5,12,19,21H,6-11,13-15H2,1-3H3,(H,43,44). The van der Waals surface area contributed by atoms with Crippen molar-refractivity contribution < 1.29 is 63.7 Å². The molecule has 2 aliphatic rings. The molecular formula is C27H33F9N4O5. The first-order valence-corrected chi connectivity index (χ1v) is 13.8. The second-order valence-electron chi connectivity index (χ2n) is 11.9. The topological polar surface area (TPSA) is 93.6 Å². The molecule has 0 aromatic heterocycles. The number of carbonyl (C=O) groups is 3. The van der Waals surface area contributed by atoms with Crippen LogP contribution in [-0.4, -0.2) is 119 Å². The number of amides is 2. The molecule has 9 nitrogen and oxygen atoms in total. The van der Waals surface area contributed by atoms with Crippen LogP contribution in [0.15, 0.2) is 18.2 Å². The van der Waals surface area contributed by atoms with Crippen molar-refractivity contribution in [1.29, 1.82) is 0 Å². The zero-order valence-electron chi connectivity index (χ0n) is 24.5. The van der Waals surface area contributed by atoms with E-state index in [-0.39, 0.29) is 38.3 Å². The molecule has 1 atom stereocenters. The molecule has 0 radical (unpaired) electrons. The molecule has 1 N–H and O–H groups in total. The Morgan fingerprint density at radius 1 is 0.867 bits per heavy atom. The lowest BCUT2D eigenvalue weighted by atomic mass is 9.93. The molecule has 0 aliphatic carbocycles. The smallest absolute Gasteiger partial charge is 0.416 e. The van der Waals surface area contributed by atoms with Crippen LogP contribution in [0.2, 0.25) is 0 Å². The number of halogens is 9. The summed E-state index contributed by atoms with van der Waals surface area (Å²) in [4.78, 5) is 41.0. The van der Waals surface area contributed by atoms with Gasteiger partial charge in [0, 0.05) is 64.0 Å². The van der Waals surface area contributed by atoms with Crippen LogP contribution >= 0.6 is 0 Å². The number of hydrogen-bond acceptors (Lipinski definition) is 6. The third-order valence-electron chi connectivity index (χ3n) is 7.37. The third-order valence-corrected chi connectivity index (χ3v) is 7.37. The molecule has 18 heteroatoms. The zero-order chi connectivity index (χ0) is 34.1. The summed E-state index contributed by atoms with van der Waals surface area (Å²) in [7, 11) is 0. The first kappa shape index (κ1) is 36.2. The Labute approximate surface area is 252 Å². The Balaban J connectivity index is 1.91. The van der Waals surface area contributed by atoms with Crippen molar-refractivity contribution in [2.75, 3.05) is 52.4 Å². The van der Waals surface area contributed by atoms with Gasteiger partial charge in [-0.1, -0.05) is 6.07 Å². The van der Waals surface area contributed by atoms with Crippen LogP contribution in [-0.2, 0) is 22.3 Å². The molecule has 0 saturated carbocycles. The van der Waals surface area contributed by atoms with Crippen LogP contribution in [0, 0.1) is 5.92 Å². The van der Waals surface area contributed by atoms with Gasteiger partial charge in [0.2, 0.25) is 0 Å². The van der Waals surface area contributed by atoms with Crippen LogP contribution in [0.25, 0.3) is 0 Å². The van der Waals surface area contributed by atoms with Gasteiger partial charge < -0.3 is 19.6 Å². The maximum atomic E-state index is 13.7. The van der Waals surface area contributed by atoms with Gasteiger partial charge in [0.25, 0.3) is 5.91 Å². The van der Waals surface area contributed by atoms with Crippen LogP contribution in [0.3, 0.4) is 0 Å². The summed E-state index contributed by atoms with van der Waals surface area (Å²) in [5.41, 5.74) is -2.83. The molecule has 2 saturated heterocycles. The van der Waals surface area contributed by atoms with Gasteiger partial charge in [0.1, 0.15) is 5.60 Å². The highest BCUT2D eigenvalue weighted by molar-refractivity contribution is 5.96. The number of benzene rings is 1. The Bertz CT molecular complexity index is 1220. The Hall–Kier alpha value is -3.28. The average molecular weight is 665 g/mol. The van der Waals surface area contributed by atoms with E-state index >= 15 is 0 Å². The van der Waals surface area contributed by atoms with Crippen molar-refractivity contribution in [3.05, 3.63) is 34.9 Å². The molecule has 2 heterocycles. The minimum Gasteiger partial charge on any atom is -0.465 e. The van der Waals surface area contributed by atoms with Gasteiger partial charge in [-0.2, -0.15) is 39.5 Å². The predicted molar refractivity (Wildman–Crippen MR) is 139 cm³/mol. The van der Waals surface area contributed by atoms with Crippen LogP contribution in [0.4, 0.5) is 44.3 Å². The van der Waals surface area contributed by atoms with Crippen molar-refractivity contribution in [3.8, 4) is 0 Å². The second kappa shape index (κ2) is 13.2. The first-order valence-electron chi connectivity index (χ1n) is 13.8. The molecule has 1 aromatic rings. The predicted octanol–water partition coefficient (Wildman–Crippen LogP) is 4.71. The van der Waals surface area contributed by atoms with E-state index in [0.29, 0.717) is 21.9 Å². The summed E-state index contributed by atoms with van der Waals surface area (Å²) in [6.45, 7) is 2.05. The molecule has 1 unspecified atom stereocenters. The number of hydrogen-bond donors (Lipinski definition) is 1. The fourth-order valence-corrected chi connectivity index (χ4v) is 5.30. The number of alkyl halides is 9. The Morgan fingerprint density at radius 2 is 1.42 bits per heavy atom. The highest BCUT2D eigenvalue weighted by Gasteiger charge is 2.62. The van der Waals surface area contributed by atoms with Gasteiger partial charge in [0.05, 0.1) is 12.1 Å². The monoisotopic (exact) mass is 664 g/mol. The Kier molecular flexibility index (Phi) is 10.6. The molecular weight excluding hydrogens is 631 g/mol. The van der Waals surface area contributed by atoms with Gasteiger partial charge in [-0.15, -0.1) is 0 Å². The normalized spacial score (nSPS) is 19.6. The van der Waals surface area contributed by atoms with Crippen molar-refractivity contribution in [3.63, 3.8) is 0 Å². The fraction of sp³-hybridized carbons (Fsp3) is 0.667. The van der Waals surface area contributed by atoms with E-state index < -0.39 is 91.4 Å². The summed E-state index contributed by atoms with van der Waals surface area (Å²) in [5, 5.41) is 9.26. The zero-order valence-corrected chi connectivity index (χ0v) is 24.5. The fourth-order valence-electron chi connectivity index (χ4n) is 5.30. The summed E-state index contributed by atoms with van der Waals surface area (Å²) >= 11 is 0. The van der Waals surface area contributed by atoms with Crippen molar-refractivity contribution >= 4 is 18.0 Å². The van der Waals surface area contributed by atoms with E-state index in [2.05, 4.69) is 0 Å². The number of esters is 1. The highest BCUT2D eigenvalue weighted by atomic mass is 19.4. The summed E-state index contributed by atoms with van der Waals surface area (Å²) in [6, 6.07) is -0.584. The van der Waals surface area contributed by atoms with Crippen LogP contribution < -0.4 is 0 Å². The lowest BCUT2D eigenvalue weighted by molar-refractivity contribution is -0.302. The van der Waals surface area contributed by atoms with E-state index in [0.717, 1.165) is 6.07 Å². The molecule has 2 fully saturated rings. The van der Waals surface area contributed by atoms with Crippen molar-refractivity contribution in [1.82, 2.24) is 19.6 Å². The van der Waals surface area contributed by atoms with Crippen LogP contribution in [0.5, 0.6) is 0 Å². The molecule has 0 bridgehead atoms. The first-order chi connectivity index (χ1) is 20.5. The second-order valence-corrected chi connectivity index (χ2v) is 11.9. The van der Waals surface area contributed by atoms with E-state index in [1.165, 1.54) is 4.90 Å². The number of carbonyl (C=O) groups excluding carboxylic acids is 2. The van der Waals surface area contributed by atoms with Crippen molar-refractivity contribution in [2.45, 2.75) is 57.5 Å². The summed E-state index contributed by atoms with van der Waals surface area (Å²) < 4.78 is 128. The number of ether oxygens (including phenoxy) is 1. The lowest BCUT2D eigenvalue weighted by Crippen LogP contribution is -2.62. The van der Waals surface area contributed by atoms with Gasteiger partial charge in [0.15, 0.2) is 5.92 Å². The molecule has 254 valence electrons. The van der Waals surface area contributed by atoms with Crippen LogP contribution in [0.1, 0.15) is 42.3 Å². The minimum absolute atomic E-state index is 0.0402. The Morgan fingerprint density at radius 3 is 1.91 bits per heavy atom. The SMILES string of the molecule is CC(C)(C)OC(=O)CN1CCN(C(=O)c2cc(C(F)(F)F)ccc2CN2CCN(C(=O)O)CC2C(C(F)(F)F)C(F)(F)F)CC1. The molecule has 3 rings (SSSR count). The lowest BCUT2D eigenvalue weighted by Gasteiger charge is -2.44. The van der Waals surface area contributed by atoms with Gasteiger partial charge in [-0.3, -0.25) is 19.4 Å². The molecule has 45 heavy (non-hydrogen) atoms. The molecule has 2 aliphatic heterocycles. The third kappa shape index (κ3) is 9.61. The summed E-state index contributed by atoms with van der Waals surface area (Å²) in [6.07, 6.45) is -18.3. The van der Waals surface area contributed by atoms with E-state index in [1.54, 1.807) is 25.7 Å². The van der Waals surface area contributed by atoms with Gasteiger partial charge in [-0.05, 0) is 38.5 Å². The van der Waals surface area contributed by atoms with Crippen molar-refractivity contribution in [2.24, 2.45) is 5.92 Å². The summed E-state index contributed by atoms with van der Waals surface area (Å²) in [5.74, 6) is -5.44. The quantitative estimate of drug-likeness (QED) is 0.348. The largest absolute Gasteiger partial charge is 0.465 e. The van der Waals surface area contributed by atoms with E-state index in [9.17, 15) is 59.0 Å². The average Bonchev–Trinajstić information content (AvgIpc) is 2.86. The van der Waals surface area contributed by atoms with E-state index in [4.69, 9.17) is 4.74 Å². The maximum absolute atomic E-state index is 13.7. The molecule has 2 amide bonds. The number of carboxylic acid groups (broad SMARTS) is 1. The minimum atomic E-state index is -5.83. The number of piperazine rings is 2. The highest BCUT2D eigenvalue weighted by Crippen LogP contribution is 2.44. The number of nitrogens with zero attached hydrogens (tertiary/aromatic N) is 4. The van der Waals surface area contributed by atoms with E-state index in [1.807, 2.05) is 0 Å². The van der Waals surface area contributed by atoms with Gasteiger partial charge >= 0.3 is 30.6 Å². The molecule has 0 spiro atoms.